The molecule has 0 aromatic rings. The molecule has 0 rings (SSSR count). The quantitative estimate of drug-likeness (QED) is 0.328. The Morgan fingerprint density at radius 1 is 1.19 bits per heavy atom. The average molecular weight is 302 g/mol. The first-order chi connectivity index (χ1) is 9.65. The zero-order chi connectivity index (χ0) is 16.6. The second-order valence-electron chi connectivity index (χ2n) is 4.95. The van der Waals surface area contributed by atoms with Gasteiger partial charge in [0.1, 0.15) is 6.04 Å². The van der Waals surface area contributed by atoms with Crippen LogP contribution in [-0.2, 0) is 19.2 Å². The van der Waals surface area contributed by atoms with Crippen LogP contribution in [0.4, 0.5) is 0 Å². The number of primary amides is 1. The van der Waals surface area contributed by atoms with E-state index in [4.69, 9.17) is 16.6 Å². The molecular weight excluding hydrogens is 280 g/mol. The van der Waals surface area contributed by atoms with E-state index in [0.717, 1.165) is 0 Å². The lowest BCUT2D eigenvalue weighted by Gasteiger charge is -2.17. The fourth-order valence-electron chi connectivity index (χ4n) is 1.38. The van der Waals surface area contributed by atoms with Gasteiger partial charge in [-0.1, -0.05) is 13.8 Å². The largest absolute Gasteiger partial charge is 0.480 e. The number of carbonyl (C=O) groups excluding carboxylic acids is 3. The lowest BCUT2D eigenvalue weighted by molar-refractivity contribution is -0.142. The fraction of sp³-hybridized carbons (Fsp3) is 0.667. The van der Waals surface area contributed by atoms with Crippen molar-refractivity contribution < 1.29 is 24.3 Å². The zero-order valence-electron chi connectivity index (χ0n) is 12.1. The fourth-order valence-corrected chi connectivity index (χ4v) is 1.38. The van der Waals surface area contributed by atoms with Gasteiger partial charge >= 0.3 is 5.97 Å². The number of carboxylic acid groups (broad SMARTS) is 1. The molecule has 0 fully saturated rings. The molecule has 0 aromatic heterocycles. The lowest BCUT2D eigenvalue weighted by atomic mass is 10.1. The maximum Gasteiger partial charge on any atom is 0.326 e. The van der Waals surface area contributed by atoms with Crippen molar-refractivity contribution in [3.8, 4) is 0 Å². The van der Waals surface area contributed by atoms with Gasteiger partial charge in [0.05, 0.1) is 12.6 Å². The summed E-state index contributed by atoms with van der Waals surface area (Å²) in [5.74, 6) is -3.21. The summed E-state index contributed by atoms with van der Waals surface area (Å²) < 4.78 is 0. The number of hydrogen-bond acceptors (Lipinski definition) is 5. The standard InChI is InChI=1S/C12H22N4O5/c1-6(2)10(14)11(19)15-5-9(18)16-7(12(20)21)3-4-8(13)17/h6-7,10H,3-5,14H2,1-2H3,(H2,13,17)(H,15,19)(H,16,18)(H,20,21)/t7-,10-/m0/s1. The van der Waals surface area contributed by atoms with E-state index in [1.807, 2.05) is 0 Å². The molecule has 0 radical (unpaired) electrons. The van der Waals surface area contributed by atoms with Crippen LogP contribution in [0.2, 0.25) is 0 Å². The summed E-state index contributed by atoms with van der Waals surface area (Å²) in [5.41, 5.74) is 10.5. The van der Waals surface area contributed by atoms with Crippen LogP contribution >= 0.6 is 0 Å². The lowest BCUT2D eigenvalue weighted by Crippen LogP contribution is -2.49. The van der Waals surface area contributed by atoms with E-state index in [9.17, 15) is 19.2 Å². The Labute approximate surface area is 122 Å². The molecule has 120 valence electrons. The van der Waals surface area contributed by atoms with Crippen molar-refractivity contribution in [3.05, 3.63) is 0 Å². The summed E-state index contributed by atoms with van der Waals surface area (Å²) in [6.45, 7) is 3.13. The van der Waals surface area contributed by atoms with E-state index in [0.29, 0.717) is 0 Å². The summed E-state index contributed by atoms with van der Waals surface area (Å²) in [4.78, 5) is 44.6. The van der Waals surface area contributed by atoms with Gasteiger partial charge in [0.2, 0.25) is 17.7 Å². The summed E-state index contributed by atoms with van der Waals surface area (Å²) in [6, 6.07) is -1.98. The Bertz CT molecular complexity index is 410. The topological polar surface area (TPSA) is 165 Å². The average Bonchev–Trinajstić information content (AvgIpc) is 2.38. The van der Waals surface area contributed by atoms with Crippen LogP contribution in [0.3, 0.4) is 0 Å². The van der Waals surface area contributed by atoms with Gasteiger partial charge in [-0.3, -0.25) is 14.4 Å². The number of hydrogen-bond donors (Lipinski definition) is 5. The molecule has 0 aliphatic rings. The van der Waals surface area contributed by atoms with Gasteiger partial charge in [0.25, 0.3) is 0 Å². The predicted octanol–water partition coefficient (Wildman–Crippen LogP) is -2.08. The predicted molar refractivity (Wildman–Crippen MR) is 73.8 cm³/mol. The molecule has 0 aliphatic carbocycles. The first-order valence-corrected chi connectivity index (χ1v) is 6.49. The molecule has 3 amide bonds. The van der Waals surface area contributed by atoms with Crippen LogP contribution in [0.15, 0.2) is 0 Å². The Kier molecular flexibility index (Phi) is 7.99. The number of amides is 3. The number of nitrogens with two attached hydrogens (primary N) is 2. The molecule has 0 unspecified atom stereocenters. The number of aliphatic carboxylic acids is 1. The Hall–Kier alpha value is -2.16. The highest BCUT2D eigenvalue weighted by Crippen LogP contribution is 1.98. The molecule has 0 saturated carbocycles. The van der Waals surface area contributed by atoms with Crippen molar-refractivity contribution in [2.45, 2.75) is 38.8 Å². The summed E-state index contributed by atoms with van der Waals surface area (Å²) >= 11 is 0. The molecular formula is C12H22N4O5. The maximum atomic E-state index is 11.6. The summed E-state index contributed by atoms with van der Waals surface area (Å²) in [7, 11) is 0. The number of carbonyl (C=O) groups is 4. The minimum atomic E-state index is -1.28. The van der Waals surface area contributed by atoms with Crippen LogP contribution in [0.5, 0.6) is 0 Å². The highest BCUT2D eigenvalue weighted by Gasteiger charge is 2.22. The van der Waals surface area contributed by atoms with Crippen molar-refractivity contribution in [3.63, 3.8) is 0 Å². The Balaban J connectivity index is 4.29. The third-order valence-corrected chi connectivity index (χ3v) is 2.76. The molecule has 2 atom stereocenters. The SMILES string of the molecule is CC(C)[C@H](N)C(=O)NCC(=O)N[C@@H](CCC(N)=O)C(=O)O. The van der Waals surface area contributed by atoms with E-state index in [1.54, 1.807) is 13.8 Å². The first kappa shape index (κ1) is 18.8. The van der Waals surface area contributed by atoms with Crippen molar-refractivity contribution in [1.82, 2.24) is 10.6 Å². The van der Waals surface area contributed by atoms with E-state index in [-0.39, 0.29) is 25.3 Å². The van der Waals surface area contributed by atoms with Crippen molar-refractivity contribution in [2.75, 3.05) is 6.54 Å². The normalized spacial score (nSPS) is 13.3. The third kappa shape index (κ3) is 7.88. The van der Waals surface area contributed by atoms with E-state index >= 15 is 0 Å². The van der Waals surface area contributed by atoms with Crippen LogP contribution in [0.1, 0.15) is 26.7 Å². The monoisotopic (exact) mass is 302 g/mol. The highest BCUT2D eigenvalue weighted by molar-refractivity contribution is 5.89. The van der Waals surface area contributed by atoms with Gasteiger partial charge in [0.15, 0.2) is 0 Å². The zero-order valence-corrected chi connectivity index (χ0v) is 12.1. The number of rotatable bonds is 9. The maximum absolute atomic E-state index is 11.6. The third-order valence-electron chi connectivity index (χ3n) is 2.76. The smallest absolute Gasteiger partial charge is 0.326 e. The molecule has 21 heavy (non-hydrogen) atoms. The first-order valence-electron chi connectivity index (χ1n) is 6.49. The number of carboxylic acids is 1. The van der Waals surface area contributed by atoms with Gasteiger partial charge in [0, 0.05) is 6.42 Å². The summed E-state index contributed by atoms with van der Waals surface area (Å²) in [5, 5.41) is 13.4. The molecule has 0 aliphatic heterocycles. The van der Waals surface area contributed by atoms with E-state index < -0.39 is 35.8 Å². The summed E-state index contributed by atoms with van der Waals surface area (Å²) in [6.07, 6.45) is -0.280. The van der Waals surface area contributed by atoms with Crippen LogP contribution in [0.25, 0.3) is 0 Å². The molecule has 9 heteroatoms. The minimum Gasteiger partial charge on any atom is -0.480 e. The van der Waals surface area contributed by atoms with Crippen LogP contribution in [-0.4, -0.2) is 47.4 Å². The van der Waals surface area contributed by atoms with Gasteiger partial charge in [-0.25, -0.2) is 4.79 Å². The molecule has 0 aromatic carbocycles. The Morgan fingerprint density at radius 2 is 1.76 bits per heavy atom. The van der Waals surface area contributed by atoms with Crippen molar-refractivity contribution >= 4 is 23.7 Å². The number of nitrogens with one attached hydrogen (secondary N) is 2. The van der Waals surface area contributed by atoms with Gasteiger partial charge in [-0.2, -0.15) is 0 Å². The molecule has 9 nitrogen and oxygen atoms in total. The molecule has 7 N–H and O–H groups in total. The van der Waals surface area contributed by atoms with Crippen LogP contribution < -0.4 is 22.1 Å². The van der Waals surface area contributed by atoms with Gasteiger partial charge < -0.3 is 27.2 Å². The Morgan fingerprint density at radius 3 is 2.19 bits per heavy atom. The molecule has 0 heterocycles. The second kappa shape index (κ2) is 8.90. The van der Waals surface area contributed by atoms with Crippen LogP contribution in [0, 0.1) is 5.92 Å². The van der Waals surface area contributed by atoms with E-state index in [1.165, 1.54) is 0 Å². The van der Waals surface area contributed by atoms with Gasteiger partial charge in [-0.05, 0) is 12.3 Å². The van der Waals surface area contributed by atoms with E-state index in [2.05, 4.69) is 10.6 Å². The molecule has 0 bridgehead atoms. The molecule has 0 spiro atoms. The van der Waals surface area contributed by atoms with Crippen molar-refractivity contribution in [2.24, 2.45) is 17.4 Å². The minimum absolute atomic E-state index is 0.0876. The molecule has 0 saturated heterocycles. The van der Waals surface area contributed by atoms with Crippen molar-refractivity contribution in [1.29, 1.82) is 0 Å². The second-order valence-corrected chi connectivity index (χ2v) is 4.95. The highest BCUT2D eigenvalue weighted by atomic mass is 16.4. The van der Waals surface area contributed by atoms with Gasteiger partial charge in [-0.15, -0.1) is 0 Å².